The van der Waals surface area contributed by atoms with E-state index in [4.69, 9.17) is 11.6 Å². The summed E-state index contributed by atoms with van der Waals surface area (Å²) in [6, 6.07) is 13.3. The Kier molecular flexibility index (Phi) is 5.25. The van der Waals surface area contributed by atoms with E-state index in [9.17, 15) is 4.79 Å². The van der Waals surface area contributed by atoms with Gasteiger partial charge < -0.3 is 10.6 Å². The Morgan fingerprint density at radius 3 is 2.80 bits per heavy atom. The van der Waals surface area contributed by atoms with Crippen molar-refractivity contribution < 1.29 is 4.79 Å². The van der Waals surface area contributed by atoms with E-state index in [1.54, 1.807) is 12.1 Å². The van der Waals surface area contributed by atoms with Crippen LogP contribution in [0.15, 0.2) is 42.5 Å². The molecule has 0 bridgehead atoms. The minimum absolute atomic E-state index is 0.103. The van der Waals surface area contributed by atoms with Crippen LogP contribution in [0.3, 0.4) is 0 Å². The highest BCUT2D eigenvalue weighted by Gasteiger charge is 2.05. The predicted octanol–water partition coefficient (Wildman–Crippen LogP) is 4.30. The number of amides is 1. The van der Waals surface area contributed by atoms with Crippen LogP contribution in [0.1, 0.15) is 5.56 Å². The van der Waals surface area contributed by atoms with Gasteiger partial charge in [0.15, 0.2) is 0 Å². The minimum Gasteiger partial charge on any atom is -0.376 e. The number of rotatable bonds is 4. The summed E-state index contributed by atoms with van der Waals surface area (Å²) in [6.07, 6.45) is 0. The molecule has 0 aromatic heterocycles. The molecule has 0 radical (unpaired) electrons. The number of anilines is 2. The van der Waals surface area contributed by atoms with Gasteiger partial charge in [0.1, 0.15) is 0 Å². The molecular formula is C15H14ClIN2O. The molecule has 0 fully saturated rings. The first-order chi connectivity index (χ1) is 9.54. The van der Waals surface area contributed by atoms with Gasteiger partial charge in [0.2, 0.25) is 5.91 Å². The molecule has 104 valence electrons. The molecule has 2 aromatic carbocycles. The highest BCUT2D eigenvalue weighted by atomic mass is 127. The van der Waals surface area contributed by atoms with Crippen molar-refractivity contribution in [1.82, 2.24) is 0 Å². The lowest BCUT2D eigenvalue weighted by molar-refractivity contribution is -0.114. The predicted molar refractivity (Wildman–Crippen MR) is 92.5 cm³/mol. The summed E-state index contributed by atoms with van der Waals surface area (Å²) in [5, 5.41) is 6.55. The average Bonchev–Trinajstić information content (AvgIpc) is 2.41. The standard InChI is InChI=1S/C15H14ClIN2O/c1-10-5-6-11(16)7-14(10)19-15(20)9-18-13-4-2-3-12(17)8-13/h2-8,18H,9H2,1H3,(H,19,20). The van der Waals surface area contributed by atoms with Crippen LogP contribution < -0.4 is 10.6 Å². The number of halogens is 2. The summed E-state index contributed by atoms with van der Waals surface area (Å²) in [5.74, 6) is -0.103. The minimum atomic E-state index is -0.103. The van der Waals surface area contributed by atoms with Crippen LogP contribution in [0.4, 0.5) is 11.4 Å². The molecule has 0 saturated carbocycles. The van der Waals surface area contributed by atoms with Crippen LogP contribution in [0.2, 0.25) is 5.02 Å². The van der Waals surface area contributed by atoms with Gasteiger partial charge in [-0.05, 0) is 65.4 Å². The Bertz CT molecular complexity index is 631. The van der Waals surface area contributed by atoms with Gasteiger partial charge in [0, 0.05) is 20.0 Å². The second kappa shape index (κ2) is 6.95. The third-order valence-electron chi connectivity index (χ3n) is 2.75. The van der Waals surface area contributed by atoms with Crippen LogP contribution in [0, 0.1) is 10.5 Å². The van der Waals surface area contributed by atoms with Crippen LogP contribution in [0.25, 0.3) is 0 Å². The highest BCUT2D eigenvalue weighted by Crippen LogP contribution is 2.20. The number of hydrogen-bond acceptors (Lipinski definition) is 2. The lowest BCUT2D eigenvalue weighted by Gasteiger charge is -2.10. The molecule has 2 aromatic rings. The maximum atomic E-state index is 11.9. The molecule has 2 rings (SSSR count). The Balaban J connectivity index is 1.94. The number of nitrogens with one attached hydrogen (secondary N) is 2. The van der Waals surface area contributed by atoms with Crippen molar-refractivity contribution in [3.05, 3.63) is 56.6 Å². The third-order valence-corrected chi connectivity index (χ3v) is 3.66. The van der Waals surface area contributed by atoms with Gasteiger partial charge in [-0.3, -0.25) is 4.79 Å². The molecule has 2 N–H and O–H groups in total. The molecule has 0 atom stereocenters. The van der Waals surface area contributed by atoms with Crippen molar-refractivity contribution in [3.63, 3.8) is 0 Å². The zero-order valence-electron chi connectivity index (χ0n) is 10.9. The number of aryl methyl sites for hydroxylation is 1. The van der Waals surface area contributed by atoms with Crippen LogP contribution in [-0.4, -0.2) is 12.5 Å². The Hall–Kier alpha value is -1.27. The fraction of sp³-hybridized carbons (Fsp3) is 0.133. The Morgan fingerprint density at radius 1 is 1.25 bits per heavy atom. The molecule has 0 saturated heterocycles. The van der Waals surface area contributed by atoms with Gasteiger partial charge in [-0.25, -0.2) is 0 Å². The van der Waals surface area contributed by atoms with Gasteiger partial charge in [-0.1, -0.05) is 23.7 Å². The summed E-state index contributed by atoms with van der Waals surface area (Å²) in [4.78, 5) is 11.9. The maximum absolute atomic E-state index is 11.9. The fourth-order valence-corrected chi connectivity index (χ4v) is 2.42. The van der Waals surface area contributed by atoms with Crippen molar-refractivity contribution >= 4 is 51.5 Å². The second-order valence-electron chi connectivity index (χ2n) is 4.37. The normalized spacial score (nSPS) is 10.2. The summed E-state index contributed by atoms with van der Waals surface area (Å²) in [6.45, 7) is 2.14. The molecule has 0 unspecified atom stereocenters. The molecular weight excluding hydrogens is 387 g/mol. The van der Waals surface area contributed by atoms with Gasteiger partial charge in [-0.2, -0.15) is 0 Å². The number of benzene rings is 2. The zero-order valence-corrected chi connectivity index (χ0v) is 13.8. The van der Waals surface area contributed by atoms with Crippen molar-refractivity contribution in [2.75, 3.05) is 17.2 Å². The molecule has 5 heteroatoms. The summed E-state index contributed by atoms with van der Waals surface area (Å²) >= 11 is 8.16. The van der Waals surface area contributed by atoms with Crippen molar-refractivity contribution in [2.45, 2.75) is 6.92 Å². The van der Waals surface area contributed by atoms with Crippen molar-refractivity contribution in [1.29, 1.82) is 0 Å². The van der Waals surface area contributed by atoms with E-state index in [-0.39, 0.29) is 12.5 Å². The van der Waals surface area contributed by atoms with Crippen LogP contribution in [0.5, 0.6) is 0 Å². The van der Waals surface area contributed by atoms with E-state index >= 15 is 0 Å². The molecule has 0 heterocycles. The van der Waals surface area contributed by atoms with E-state index in [0.717, 1.165) is 20.5 Å². The van der Waals surface area contributed by atoms with Gasteiger partial charge in [0.05, 0.1) is 6.54 Å². The molecule has 0 aliphatic rings. The van der Waals surface area contributed by atoms with E-state index in [0.29, 0.717) is 5.02 Å². The molecule has 1 amide bonds. The van der Waals surface area contributed by atoms with Crippen molar-refractivity contribution in [2.24, 2.45) is 0 Å². The summed E-state index contributed by atoms with van der Waals surface area (Å²) in [5.41, 5.74) is 2.65. The Morgan fingerprint density at radius 2 is 2.05 bits per heavy atom. The molecule has 20 heavy (non-hydrogen) atoms. The van der Waals surface area contributed by atoms with E-state index < -0.39 is 0 Å². The topological polar surface area (TPSA) is 41.1 Å². The second-order valence-corrected chi connectivity index (χ2v) is 6.05. The van der Waals surface area contributed by atoms with Gasteiger partial charge in [0.25, 0.3) is 0 Å². The van der Waals surface area contributed by atoms with E-state index in [1.807, 2.05) is 37.3 Å². The largest absolute Gasteiger partial charge is 0.376 e. The number of carbonyl (C=O) groups is 1. The number of carbonyl (C=O) groups excluding carboxylic acids is 1. The van der Waals surface area contributed by atoms with Crippen LogP contribution >= 0.6 is 34.2 Å². The maximum Gasteiger partial charge on any atom is 0.243 e. The summed E-state index contributed by atoms with van der Waals surface area (Å²) in [7, 11) is 0. The first kappa shape index (κ1) is 15.1. The van der Waals surface area contributed by atoms with E-state index in [1.165, 1.54) is 0 Å². The first-order valence-corrected chi connectivity index (χ1v) is 7.56. The summed E-state index contributed by atoms with van der Waals surface area (Å²) < 4.78 is 1.12. The molecule has 0 spiro atoms. The Labute approximate surface area is 136 Å². The fourth-order valence-electron chi connectivity index (χ4n) is 1.70. The first-order valence-electron chi connectivity index (χ1n) is 6.10. The monoisotopic (exact) mass is 400 g/mol. The molecule has 0 aliphatic carbocycles. The van der Waals surface area contributed by atoms with Crippen molar-refractivity contribution in [3.8, 4) is 0 Å². The van der Waals surface area contributed by atoms with Crippen LogP contribution in [-0.2, 0) is 4.79 Å². The highest BCUT2D eigenvalue weighted by molar-refractivity contribution is 14.1. The smallest absolute Gasteiger partial charge is 0.243 e. The lowest BCUT2D eigenvalue weighted by atomic mass is 10.2. The average molecular weight is 401 g/mol. The zero-order chi connectivity index (χ0) is 14.5. The lowest BCUT2D eigenvalue weighted by Crippen LogP contribution is -2.22. The van der Waals surface area contributed by atoms with E-state index in [2.05, 4.69) is 33.2 Å². The SMILES string of the molecule is Cc1ccc(Cl)cc1NC(=O)CNc1cccc(I)c1. The quantitative estimate of drug-likeness (QED) is 0.751. The number of hydrogen-bond donors (Lipinski definition) is 2. The third kappa shape index (κ3) is 4.38. The molecule has 3 nitrogen and oxygen atoms in total. The van der Waals surface area contributed by atoms with Gasteiger partial charge in [-0.15, -0.1) is 0 Å². The van der Waals surface area contributed by atoms with Gasteiger partial charge >= 0.3 is 0 Å². The molecule has 0 aliphatic heterocycles.